The molecule has 0 unspecified atom stereocenters. The summed E-state index contributed by atoms with van der Waals surface area (Å²) >= 11 is 0. The Morgan fingerprint density at radius 1 is 1.24 bits per heavy atom. The predicted molar refractivity (Wildman–Crippen MR) is 96.0 cm³/mol. The van der Waals surface area contributed by atoms with Crippen LogP contribution in [0.3, 0.4) is 0 Å². The Morgan fingerprint density at radius 3 is 2.76 bits per heavy atom. The number of ether oxygens (including phenoxy) is 2. The molecule has 1 aliphatic heterocycles. The Kier molecular flexibility index (Phi) is 2.67. The quantitative estimate of drug-likeness (QED) is 0.748. The molecule has 1 spiro atoms. The molecule has 5 rings (SSSR count). The van der Waals surface area contributed by atoms with Crippen LogP contribution < -0.4 is 9.47 Å². The van der Waals surface area contributed by atoms with E-state index in [0.717, 1.165) is 42.6 Å². The van der Waals surface area contributed by atoms with Crippen molar-refractivity contribution in [2.75, 3.05) is 7.11 Å². The van der Waals surface area contributed by atoms with Gasteiger partial charge in [0, 0.05) is 16.4 Å². The Hall–Kier alpha value is -1.77. The highest BCUT2D eigenvalue weighted by Crippen LogP contribution is 2.85. The summed E-state index contributed by atoms with van der Waals surface area (Å²) in [6.07, 6.45) is 7.59. The van der Waals surface area contributed by atoms with Gasteiger partial charge < -0.3 is 9.47 Å². The Morgan fingerprint density at radius 2 is 2.04 bits per heavy atom. The molecule has 0 radical (unpaired) electrons. The van der Waals surface area contributed by atoms with Gasteiger partial charge >= 0.3 is 0 Å². The lowest BCUT2D eigenvalue weighted by atomic mass is 9.26. The van der Waals surface area contributed by atoms with E-state index in [1.54, 1.807) is 7.11 Å². The maximum absolute atomic E-state index is 11.7. The zero-order valence-electron chi connectivity index (χ0n) is 15.5. The summed E-state index contributed by atoms with van der Waals surface area (Å²) < 4.78 is 12.2. The SMILES string of the molecule is COc1ccc2c(c1)[C@@]13C=C(C=O)CC[C@]14[C@@H](CC[C@]4(C)O2)C3(C)C. The summed E-state index contributed by atoms with van der Waals surface area (Å²) in [4.78, 5) is 11.7. The van der Waals surface area contributed by atoms with E-state index in [0.29, 0.717) is 5.92 Å². The molecule has 1 heterocycles. The van der Waals surface area contributed by atoms with Crippen LogP contribution in [0.25, 0.3) is 0 Å². The summed E-state index contributed by atoms with van der Waals surface area (Å²) in [6, 6.07) is 6.19. The molecule has 0 amide bonds. The second kappa shape index (κ2) is 4.31. The molecule has 0 saturated heterocycles. The fraction of sp³-hybridized carbons (Fsp3) is 0.591. The number of benzene rings is 1. The summed E-state index contributed by atoms with van der Waals surface area (Å²) in [5.74, 6) is 2.46. The average Bonchev–Trinajstić information content (AvgIpc) is 2.89. The lowest BCUT2D eigenvalue weighted by Gasteiger charge is -2.78. The number of hydrogen-bond acceptors (Lipinski definition) is 3. The summed E-state index contributed by atoms with van der Waals surface area (Å²) in [6.45, 7) is 7.09. The minimum absolute atomic E-state index is 0.0926. The van der Waals surface area contributed by atoms with Crippen LogP contribution in [0.2, 0.25) is 0 Å². The second-order valence-corrected chi connectivity index (χ2v) is 9.12. The van der Waals surface area contributed by atoms with Crippen molar-refractivity contribution in [1.82, 2.24) is 0 Å². The van der Waals surface area contributed by atoms with Crippen LogP contribution in [0, 0.1) is 16.7 Å². The topological polar surface area (TPSA) is 35.5 Å². The third kappa shape index (κ3) is 1.35. The van der Waals surface area contributed by atoms with Crippen molar-refractivity contribution in [3.05, 3.63) is 35.4 Å². The molecular formula is C22H26O3. The largest absolute Gasteiger partial charge is 0.497 e. The number of hydrogen-bond donors (Lipinski definition) is 0. The Balaban J connectivity index is 1.89. The minimum Gasteiger partial charge on any atom is -0.497 e. The first-order chi connectivity index (χ1) is 11.9. The van der Waals surface area contributed by atoms with E-state index in [1.165, 1.54) is 12.0 Å². The first-order valence-electron chi connectivity index (χ1n) is 9.41. The molecule has 3 heteroatoms. The molecular weight excluding hydrogens is 312 g/mol. The van der Waals surface area contributed by atoms with Crippen molar-refractivity contribution in [2.45, 2.75) is 57.5 Å². The van der Waals surface area contributed by atoms with Crippen molar-refractivity contribution >= 4 is 6.29 Å². The molecule has 4 aliphatic rings. The first kappa shape index (κ1) is 15.5. The van der Waals surface area contributed by atoms with Gasteiger partial charge in [0.15, 0.2) is 0 Å². The number of allylic oxidation sites excluding steroid dienone is 2. The van der Waals surface area contributed by atoms with E-state index in [4.69, 9.17) is 9.47 Å². The maximum Gasteiger partial charge on any atom is 0.145 e. The number of methoxy groups -OCH3 is 1. The van der Waals surface area contributed by atoms with Gasteiger partial charge in [-0.15, -0.1) is 0 Å². The van der Waals surface area contributed by atoms with Gasteiger partial charge in [0.1, 0.15) is 23.4 Å². The van der Waals surface area contributed by atoms with Crippen molar-refractivity contribution < 1.29 is 14.3 Å². The summed E-state index contributed by atoms with van der Waals surface area (Å²) in [7, 11) is 1.71. The molecule has 0 bridgehead atoms. The molecule has 1 aromatic carbocycles. The smallest absolute Gasteiger partial charge is 0.145 e. The third-order valence-electron chi connectivity index (χ3n) is 8.35. The molecule has 3 aliphatic carbocycles. The number of aldehydes is 1. The molecule has 25 heavy (non-hydrogen) atoms. The molecule has 0 aromatic heterocycles. The number of carbonyl (C=O) groups is 1. The van der Waals surface area contributed by atoms with E-state index >= 15 is 0 Å². The zero-order chi connectivity index (χ0) is 17.7. The molecule has 0 N–H and O–H groups in total. The first-order valence-corrected chi connectivity index (χ1v) is 9.41. The van der Waals surface area contributed by atoms with Crippen LogP contribution in [0.1, 0.15) is 52.0 Å². The summed E-state index contributed by atoms with van der Waals surface area (Å²) in [5, 5.41) is 0. The molecule has 132 valence electrons. The zero-order valence-corrected chi connectivity index (χ0v) is 15.5. The van der Waals surface area contributed by atoms with Crippen LogP contribution in [0.15, 0.2) is 29.8 Å². The van der Waals surface area contributed by atoms with E-state index in [1.807, 2.05) is 6.07 Å². The van der Waals surface area contributed by atoms with E-state index in [-0.39, 0.29) is 21.8 Å². The highest BCUT2D eigenvalue weighted by Gasteiger charge is 2.85. The molecule has 3 nitrogen and oxygen atoms in total. The van der Waals surface area contributed by atoms with Gasteiger partial charge in [-0.05, 0) is 67.7 Å². The summed E-state index contributed by atoms with van der Waals surface area (Å²) in [5.41, 5.74) is 2.06. The second-order valence-electron chi connectivity index (χ2n) is 9.12. The number of carbonyl (C=O) groups excluding carboxylic acids is 1. The van der Waals surface area contributed by atoms with Crippen molar-refractivity contribution in [2.24, 2.45) is 16.7 Å². The van der Waals surface area contributed by atoms with Gasteiger partial charge in [-0.3, -0.25) is 4.79 Å². The van der Waals surface area contributed by atoms with Crippen molar-refractivity contribution in [3.8, 4) is 11.5 Å². The number of fused-ring (bicyclic) bond motifs is 1. The van der Waals surface area contributed by atoms with E-state index in [2.05, 4.69) is 39.0 Å². The molecule has 1 aromatic rings. The van der Waals surface area contributed by atoms with Gasteiger partial charge in [-0.1, -0.05) is 19.9 Å². The molecule has 2 saturated carbocycles. The van der Waals surface area contributed by atoms with Gasteiger partial charge in [0.2, 0.25) is 0 Å². The average molecular weight is 338 g/mol. The van der Waals surface area contributed by atoms with Crippen LogP contribution in [-0.2, 0) is 10.2 Å². The monoisotopic (exact) mass is 338 g/mol. The van der Waals surface area contributed by atoms with E-state index < -0.39 is 0 Å². The van der Waals surface area contributed by atoms with Gasteiger partial charge in [-0.2, -0.15) is 0 Å². The highest BCUT2D eigenvalue weighted by atomic mass is 16.5. The molecule has 4 atom stereocenters. The fourth-order valence-corrected chi connectivity index (χ4v) is 7.52. The van der Waals surface area contributed by atoms with Crippen LogP contribution in [0.5, 0.6) is 11.5 Å². The fourth-order valence-electron chi connectivity index (χ4n) is 7.52. The molecule has 2 fully saturated rings. The third-order valence-corrected chi connectivity index (χ3v) is 8.35. The van der Waals surface area contributed by atoms with Gasteiger partial charge in [-0.25, -0.2) is 0 Å². The Labute approximate surface area is 149 Å². The van der Waals surface area contributed by atoms with Crippen LogP contribution >= 0.6 is 0 Å². The van der Waals surface area contributed by atoms with E-state index in [9.17, 15) is 4.79 Å². The lowest BCUT2D eigenvalue weighted by molar-refractivity contribution is -0.252. The normalized spacial score (nSPS) is 42.1. The lowest BCUT2D eigenvalue weighted by Crippen LogP contribution is -2.79. The van der Waals surface area contributed by atoms with Crippen molar-refractivity contribution in [3.63, 3.8) is 0 Å². The van der Waals surface area contributed by atoms with Crippen LogP contribution in [-0.4, -0.2) is 19.0 Å². The standard InChI is InChI=1S/C22H26O3/c1-19(2)18-8-9-20(3)21(18)10-7-14(13-23)12-22(19,21)16-11-15(24-4)5-6-17(16)25-20/h5-6,11-13,18H,7-10H2,1-4H3/t18-,20-,21+,22+/m0/s1. The minimum atomic E-state index is -0.153. The maximum atomic E-state index is 11.7. The highest BCUT2D eigenvalue weighted by molar-refractivity contribution is 5.76. The van der Waals surface area contributed by atoms with Crippen molar-refractivity contribution in [1.29, 1.82) is 0 Å². The Bertz CT molecular complexity index is 823. The number of rotatable bonds is 2. The van der Waals surface area contributed by atoms with Gasteiger partial charge in [0.25, 0.3) is 0 Å². The predicted octanol–water partition coefficient (Wildman–Crippen LogP) is 4.44. The van der Waals surface area contributed by atoms with Crippen LogP contribution in [0.4, 0.5) is 0 Å². The van der Waals surface area contributed by atoms with Gasteiger partial charge in [0.05, 0.1) is 7.11 Å².